The van der Waals surface area contributed by atoms with E-state index in [1.807, 2.05) is 0 Å². The Morgan fingerprint density at radius 1 is 0.702 bits per heavy atom. The molecule has 11 rings (SSSR count). The second kappa shape index (κ2) is 14.3. The Balaban J connectivity index is 0.926. The topological polar surface area (TPSA) is 38.7 Å². The summed E-state index contributed by atoms with van der Waals surface area (Å²) < 4.78 is 0. The fourth-order valence-corrected chi connectivity index (χ4v) is 12.4. The standard InChI is InChI=1S/C54H57N3/c1-54(2)48-26-12-11-23-43(48)47-33-37(28-30-49(47)54)36-27-29-45-46(32-36)42-22-10-9-21-41(42)44-25-14-24-40(50(44)45)38-19-13-20-39(31-38)53-56-51(34-15-5-3-6-16-34)55-52(57-53)35-17-7-4-8-18-35/h5,10,12,14-17,22,24-30,32-33,38-39,43,45,48,50H,3-4,6-9,11,13,18-21,23,31H2,1-2H3. The lowest BCUT2D eigenvalue weighted by atomic mass is 9.60. The highest BCUT2D eigenvalue weighted by atomic mass is 15.0. The number of nitrogens with zero attached hydrogens (tertiary/aromatic N) is 3. The molecule has 6 atom stereocenters. The van der Waals surface area contributed by atoms with Gasteiger partial charge in [-0.1, -0.05) is 123 Å². The van der Waals surface area contributed by atoms with E-state index in [1.165, 1.54) is 72.0 Å². The molecule has 0 saturated heterocycles. The van der Waals surface area contributed by atoms with Gasteiger partial charge in [-0.05, 0) is 163 Å². The van der Waals surface area contributed by atoms with Crippen molar-refractivity contribution in [1.82, 2.24) is 15.0 Å². The van der Waals surface area contributed by atoms with E-state index >= 15 is 0 Å². The fourth-order valence-electron chi connectivity index (χ4n) is 12.4. The van der Waals surface area contributed by atoms with Crippen LogP contribution in [0.4, 0.5) is 0 Å². The van der Waals surface area contributed by atoms with E-state index in [4.69, 9.17) is 15.0 Å². The van der Waals surface area contributed by atoms with E-state index in [-0.39, 0.29) is 5.41 Å². The van der Waals surface area contributed by atoms with Gasteiger partial charge in [0.15, 0.2) is 11.6 Å². The van der Waals surface area contributed by atoms with E-state index in [0.717, 1.165) is 68.8 Å². The molecule has 3 nitrogen and oxygen atoms in total. The van der Waals surface area contributed by atoms with Crippen LogP contribution >= 0.6 is 0 Å². The Morgan fingerprint density at radius 3 is 2.51 bits per heavy atom. The molecule has 288 valence electrons. The molecular formula is C54H57N3. The normalized spacial score (nSPS) is 30.8. The van der Waals surface area contributed by atoms with Crippen LogP contribution in [0.5, 0.6) is 0 Å². The maximum Gasteiger partial charge on any atom is 0.163 e. The van der Waals surface area contributed by atoms with E-state index < -0.39 is 0 Å². The van der Waals surface area contributed by atoms with Crippen molar-refractivity contribution in [3.8, 4) is 0 Å². The third-order valence-electron chi connectivity index (χ3n) is 15.3. The second-order valence-electron chi connectivity index (χ2n) is 18.9. The molecule has 0 aliphatic heterocycles. The van der Waals surface area contributed by atoms with Crippen LogP contribution in [0.2, 0.25) is 0 Å². The summed E-state index contributed by atoms with van der Waals surface area (Å²) in [4.78, 5) is 15.7. The Kier molecular flexibility index (Phi) is 8.93. The minimum atomic E-state index is 0.189. The van der Waals surface area contributed by atoms with Crippen LogP contribution < -0.4 is 0 Å². The van der Waals surface area contributed by atoms with Crippen molar-refractivity contribution in [2.75, 3.05) is 0 Å². The Morgan fingerprint density at radius 2 is 1.61 bits per heavy atom. The van der Waals surface area contributed by atoms with Crippen molar-refractivity contribution in [1.29, 1.82) is 0 Å². The molecule has 0 N–H and O–H groups in total. The van der Waals surface area contributed by atoms with Crippen molar-refractivity contribution in [3.05, 3.63) is 165 Å². The number of hydrogen-bond donors (Lipinski definition) is 0. The SMILES string of the molecule is CC1(C)c2ccc(C3=CC4=C5C=CCCC5=C5C=CC=C(C6CCCC(c7nc(C8=CCCC=C8)nc(C8=CCCCC8)n7)C6)C5C4C=C3)cc2C2CCC=CC21. The van der Waals surface area contributed by atoms with Crippen LogP contribution in [0, 0.1) is 23.7 Å². The zero-order valence-corrected chi connectivity index (χ0v) is 34.0. The summed E-state index contributed by atoms with van der Waals surface area (Å²) >= 11 is 0. The Hall–Kier alpha value is -4.63. The summed E-state index contributed by atoms with van der Waals surface area (Å²) in [6.07, 6.45) is 50.4. The first kappa shape index (κ1) is 35.5. The van der Waals surface area contributed by atoms with Gasteiger partial charge in [-0.15, -0.1) is 0 Å². The molecule has 9 aliphatic carbocycles. The maximum atomic E-state index is 5.32. The summed E-state index contributed by atoms with van der Waals surface area (Å²) in [5, 5.41) is 0. The van der Waals surface area contributed by atoms with Crippen molar-refractivity contribution in [3.63, 3.8) is 0 Å². The molecule has 1 heterocycles. The average molecular weight is 748 g/mol. The molecule has 2 aromatic rings. The lowest BCUT2D eigenvalue weighted by molar-refractivity contribution is 0.325. The first-order valence-electron chi connectivity index (χ1n) is 22.6. The molecule has 0 radical (unpaired) electrons. The number of fused-ring (bicyclic) bond motifs is 7. The predicted molar refractivity (Wildman–Crippen MR) is 235 cm³/mol. The van der Waals surface area contributed by atoms with Gasteiger partial charge in [-0.25, -0.2) is 15.0 Å². The van der Waals surface area contributed by atoms with Gasteiger partial charge in [0, 0.05) is 23.3 Å². The third-order valence-corrected chi connectivity index (χ3v) is 15.3. The summed E-state index contributed by atoms with van der Waals surface area (Å²) in [7, 11) is 0. The average Bonchev–Trinajstić information content (AvgIpc) is 3.51. The first-order chi connectivity index (χ1) is 28.0. The molecule has 1 fully saturated rings. The number of benzene rings is 1. The predicted octanol–water partition coefficient (Wildman–Crippen LogP) is 13.5. The number of allylic oxidation sites excluding steroid dienone is 22. The van der Waals surface area contributed by atoms with Gasteiger partial charge in [0.05, 0.1) is 0 Å². The Labute approximate surface area is 340 Å². The largest absolute Gasteiger partial charge is 0.213 e. The molecule has 0 bridgehead atoms. The van der Waals surface area contributed by atoms with Crippen LogP contribution in [-0.2, 0) is 5.41 Å². The number of aromatic nitrogens is 3. The van der Waals surface area contributed by atoms with Gasteiger partial charge < -0.3 is 0 Å². The van der Waals surface area contributed by atoms with E-state index in [0.29, 0.717) is 35.5 Å². The van der Waals surface area contributed by atoms with Crippen molar-refractivity contribution in [2.24, 2.45) is 23.7 Å². The highest BCUT2D eigenvalue weighted by Gasteiger charge is 2.46. The van der Waals surface area contributed by atoms with Gasteiger partial charge in [0.1, 0.15) is 5.82 Å². The number of hydrogen-bond acceptors (Lipinski definition) is 3. The molecule has 0 spiro atoms. The van der Waals surface area contributed by atoms with Gasteiger partial charge >= 0.3 is 0 Å². The molecule has 1 saturated carbocycles. The van der Waals surface area contributed by atoms with Crippen molar-refractivity contribution < 1.29 is 0 Å². The highest BCUT2D eigenvalue weighted by Crippen LogP contribution is 2.57. The van der Waals surface area contributed by atoms with E-state index in [1.54, 1.807) is 27.8 Å². The van der Waals surface area contributed by atoms with Crippen molar-refractivity contribution in [2.45, 2.75) is 121 Å². The van der Waals surface area contributed by atoms with Gasteiger partial charge in [0.25, 0.3) is 0 Å². The second-order valence-corrected chi connectivity index (χ2v) is 18.9. The van der Waals surface area contributed by atoms with Crippen LogP contribution in [0.25, 0.3) is 16.7 Å². The van der Waals surface area contributed by atoms with Gasteiger partial charge in [0.2, 0.25) is 0 Å². The molecular weight excluding hydrogens is 691 g/mol. The molecule has 57 heavy (non-hydrogen) atoms. The molecule has 6 unspecified atom stereocenters. The molecule has 1 aromatic heterocycles. The van der Waals surface area contributed by atoms with E-state index in [9.17, 15) is 0 Å². The summed E-state index contributed by atoms with van der Waals surface area (Å²) in [5.41, 5.74) is 16.4. The lowest BCUT2D eigenvalue weighted by Gasteiger charge is -2.43. The molecule has 3 heteroatoms. The zero-order chi connectivity index (χ0) is 38.1. The fraction of sp³-hybridized carbons (Fsp3) is 0.426. The smallest absolute Gasteiger partial charge is 0.163 e. The number of rotatable bonds is 5. The maximum absolute atomic E-state index is 5.32. The zero-order valence-electron chi connectivity index (χ0n) is 34.0. The highest BCUT2D eigenvalue weighted by molar-refractivity contribution is 5.81. The van der Waals surface area contributed by atoms with Gasteiger partial charge in [-0.2, -0.15) is 0 Å². The summed E-state index contributed by atoms with van der Waals surface area (Å²) in [6.45, 7) is 4.93. The van der Waals surface area contributed by atoms with Crippen LogP contribution in [0.15, 0.2) is 131 Å². The molecule has 0 amide bonds. The quantitative estimate of drug-likeness (QED) is 0.286. The third kappa shape index (κ3) is 6.09. The first-order valence-corrected chi connectivity index (χ1v) is 22.6. The minimum Gasteiger partial charge on any atom is -0.213 e. The van der Waals surface area contributed by atoms with E-state index in [2.05, 4.69) is 117 Å². The molecule has 1 aromatic carbocycles. The van der Waals surface area contributed by atoms with Crippen LogP contribution in [0.1, 0.15) is 150 Å². The van der Waals surface area contributed by atoms with Crippen LogP contribution in [-0.4, -0.2) is 15.0 Å². The summed E-state index contributed by atoms with van der Waals surface area (Å²) in [6, 6.07) is 7.47. The van der Waals surface area contributed by atoms with Crippen LogP contribution in [0.3, 0.4) is 0 Å². The monoisotopic (exact) mass is 747 g/mol. The summed E-state index contributed by atoms with van der Waals surface area (Å²) in [5.74, 6) is 5.67. The lowest BCUT2D eigenvalue weighted by Crippen LogP contribution is -2.32. The van der Waals surface area contributed by atoms with Gasteiger partial charge in [-0.3, -0.25) is 0 Å². The minimum absolute atomic E-state index is 0.189. The molecule has 9 aliphatic rings. The Bertz CT molecular complexity index is 2370. The van der Waals surface area contributed by atoms with Crippen molar-refractivity contribution >= 4 is 16.7 Å².